The summed E-state index contributed by atoms with van der Waals surface area (Å²) in [4.78, 5) is 26.2. The van der Waals surface area contributed by atoms with E-state index in [-0.39, 0.29) is 17.9 Å². The Kier molecular flexibility index (Phi) is 7.87. The van der Waals surface area contributed by atoms with Gasteiger partial charge in [0.15, 0.2) is 0 Å². The van der Waals surface area contributed by atoms with Gasteiger partial charge in [-0.2, -0.15) is 0 Å². The Hall–Kier alpha value is -1.10. The quantitative estimate of drug-likeness (QED) is 0.756. The number of nitrogens with zero attached hydrogens (tertiary/aromatic N) is 1. The molecule has 0 saturated heterocycles. The lowest BCUT2D eigenvalue weighted by Gasteiger charge is -2.31. The molecule has 0 aliphatic heterocycles. The van der Waals surface area contributed by atoms with Crippen molar-refractivity contribution in [2.24, 2.45) is 5.92 Å². The van der Waals surface area contributed by atoms with Gasteiger partial charge in [0.05, 0.1) is 6.10 Å². The lowest BCUT2D eigenvalue weighted by molar-refractivity contribution is -0.138. The summed E-state index contributed by atoms with van der Waals surface area (Å²) in [6.45, 7) is 7.50. The zero-order chi connectivity index (χ0) is 16.7. The molecule has 1 aliphatic rings. The van der Waals surface area contributed by atoms with Crippen LogP contribution in [-0.2, 0) is 9.59 Å². The molecular weight excluding hydrogens is 280 g/mol. The van der Waals surface area contributed by atoms with Crippen LogP contribution < -0.4 is 5.32 Å². The maximum atomic E-state index is 12.4. The van der Waals surface area contributed by atoms with Crippen LogP contribution in [0.3, 0.4) is 0 Å². The minimum Gasteiger partial charge on any atom is -0.392 e. The molecule has 2 amide bonds. The van der Waals surface area contributed by atoms with E-state index in [0.717, 1.165) is 12.8 Å². The number of hydrogen-bond donors (Lipinski definition) is 2. The molecule has 2 unspecified atom stereocenters. The Morgan fingerprint density at radius 3 is 2.23 bits per heavy atom. The zero-order valence-corrected chi connectivity index (χ0v) is 14.5. The third kappa shape index (κ3) is 6.34. The molecule has 2 N–H and O–H groups in total. The molecule has 5 nitrogen and oxygen atoms in total. The molecule has 1 fully saturated rings. The van der Waals surface area contributed by atoms with Gasteiger partial charge >= 0.3 is 0 Å². The van der Waals surface area contributed by atoms with Crippen molar-refractivity contribution in [1.29, 1.82) is 0 Å². The summed E-state index contributed by atoms with van der Waals surface area (Å²) in [7, 11) is 0. The van der Waals surface area contributed by atoms with Crippen LogP contribution in [0.4, 0.5) is 0 Å². The molecule has 22 heavy (non-hydrogen) atoms. The van der Waals surface area contributed by atoms with Gasteiger partial charge in [-0.1, -0.05) is 19.3 Å². The summed E-state index contributed by atoms with van der Waals surface area (Å²) < 4.78 is 0. The maximum Gasteiger partial charge on any atom is 0.245 e. The highest BCUT2D eigenvalue weighted by molar-refractivity contribution is 5.87. The Morgan fingerprint density at radius 2 is 1.73 bits per heavy atom. The number of carbonyl (C=O) groups is 2. The number of aliphatic hydroxyl groups excluding tert-OH is 1. The zero-order valence-electron chi connectivity index (χ0n) is 14.5. The normalized spacial score (nSPS) is 18.8. The second-order valence-corrected chi connectivity index (χ2v) is 6.93. The van der Waals surface area contributed by atoms with Gasteiger partial charge < -0.3 is 15.3 Å². The first-order valence-electron chi connectivity index (χ1n) is 8.59. The molecule has 128 valence electrons. The summed E-state index contributed by atoms with van der Waals surface area (Å²) in [5, 5.41) is 12.3. The van der Waals surface area contributed by atoms with Crippen LogP contribution in [0.1, 0.15) is 66.2 Å². The molecule has 0 heterocycles. The van der Waals surface area contributed by atoms with Gasteiger partial charge in [0.2, 0.25) is 11.8 Å². The maximum absolute atomic E-state index is 12.4. The van der Waals surface area contributed by atoms with Crippen molar-refractivity contribution in [3.05, 3.63) is 0 Å². The third-order valence-electron chi connectivity index (χ3n) is 4.31. The number of amides is 2. The fraction of sp³-hybridized carbons (Fsp3) is 0.882. The van der Waals surface area contributed by atoms with Gasteiger partial charge in [-0.25, -0.2) is 0 Å². The number of hydrogen-bond acceptors (Lipinski definition) is 3. The number of aliphatic hydroxyl groups is 1. The van der Waals surface area contributed by atoms with E-state index in [0.29, 0.717) is 18.9 Å². The summed E-state index contributed by atoms with van der Waals surface area (Å²) in [5.41, 5.74) is 0. The Bertz CT molecular complexity index is 363. The first-order valence-corrected chi connectivity index (χ1v) is 8.59. The van der Waals surface area contributed by atoms with Gasteiger partial charge in [0.25, 0.3) is 0 Å². The van der Waals surface area contributed by atoms with Crippen LogP contribution in [0.2, 0.25) is 0 Å². The molecule has 0 aromatic rings. The van der Waals surface area contributed by atoms with E-state index in [1.165, 1.54) is 19.3 Å². The second-order valence-electron chi connectivity index (χ2n) is 6.93. The predicted molar refractivity (Wildman–Crippen MR) is 87.3 cm³/mol. The second kappa shape index (κ2) is 9.13. The van der Waals surface area contributed by atoms with Crippen LogP contribution in [0.15, 0.2) is 0 Å². The van der Waals surface area contributed by atoms with E-state index in [1.807, 2.05) is 13.8 Å². The van der Waals surface area contributed by atoms with Gasteiger partial charge in [-0.15, -0.1) is 0 Å². The summed E-state index contributed by atoms with van der Waals surface area (Å²) in [6, 6.07) is -0.544. The first-order chi connectivity index (χ1) is 10.3. The van der Waals surface area contributed by atoms with E-state index in [2.05, 4.69) is 5.32 Å². The third-order valence-corrected chi connectivity index (χ3v) is 4.31. The molecule has 1 aliphatic carbocycles. The minimum atomic E-state index is -0.573. The molecule has 5 heteroatoms. The summed E-state index contributed by atoms with van der Waals surface area (Å²) in [5.74, 6) is 0.302. The summed E-state index contributed by atoms with van der Waals surface area (Å²) >= 11 is 0. The smallest absolute Gasteiger partial charge is 0.245 e. The van der Waals surface area contributed by atoms with E-state index in [9.17, 15) is 14.7 Å². The lowest BCUT2D eigenvalue weighted by atomic mass is 9.87. The predicted octanol–water partition coefficient (Wildman–Crippen LogP) is 2.08. The molecule has 1 rings (SSSR count). The average molecular weight is 312 g/mol. The van der Waals surface area contributed by atoms with Gasteiger partial charge in [-0.05, 0) is 46.5 Å². The topological polar surface area (TPSA) is 69.6 Å². The van der Waals surface area contributed by atoms with Crippen LogP contribution in [-0.4, -0.2) is 46.6 Å². The summed E-state index contributed by atoms with van der Waals surface area (Å²) in [6.07, 6.45) is 5.89. The molecule has 0 radical (unpaired) electrons. The van der Waals surface area contributed by atoms with Crippen molar-refractivity contribution in [3.8, 4) is 0 Å². The van der Waals surface area contributed by atoms with Crippen molar-refractivity contribution in [3.63, 3.8) is 0 Å². The molecule has 0 aromatic heterocycles. The van der Waals surface area contributed by atoms with Gasteiger partial charge in [-0.3, -0.25) is 9.59 Å². The monoisotopic (exact) mass is 312 g/mol. The highest BCUT2D eigenvalue weighted by Gasteiger charge is 2.26. The number of nitrogens with one attached hydrogen (secondary N) is 1. The van der Waals surface area contributed by atoms with Crippen LogP contribution in [0, 0.1) is 5.92 Å². The molecule has 1 saturated carbocycles. The fourth-order valence-electron chi connectivity index (χ4n) is 3.10. The standard InChI is InChI=1S/C17H32N2O3/c1-12(2)19(11-13(3)20)17(22)14(4)18-16(21)10-15-8-6-5-7-9-15/h12-15,20H,5-11H2,1-4H3,(H,18,21). The largest absolute Gasteiger partial charge is 0.392 e. The van der Waals surface area contributed by atoms with E-state index < -0.39 is 12.1 Å². The Balaban J connectivity index is 2.48. The molecule has 0 spiro atoms. The lowest BCUT2D eigenvalue weighted by Crippen LogP contribution is -2.51. The molecule has 0 bridgehead atoms. The van der Waals surface area contributed by atoms with Crippen molar-refractivity contribution in [2.45, 2.75) is 84.4 Å². The van der Waals surface area contributed by atoms with Crippen LogP contribution in [0.5, 0.6) is 0 Å². The first kappa shape index (κ1) is 18.9. The Labute approximate surface area is 134 Å². The Morgan fingerprint density at radius 1 is 1.14 bits per heavy atom. The van der Waals surface area contributed by atoms with Gasteiger partial charge in [0, 0.05) is 19.0 Å². The van der Waals surface area contributed by atoms with Gasteiger partial charge in [0.1, 0.15) is 6.04 Å². The van der Waals surface area contributed by atoms with Crippen molar-refractivity contribution >= 4 is 11.8 Å². The molecular formula is C17H32N2O3. The van der Waals surface area contributed by atoms with Crippen molar-refractivity contribution < 1.29 is 14.7 Å². The number of carbonyl (C=O) groups excluding carboxylic acids is 2. The van der Waals surface area contributed by atoms with E-state index in [1.54, 1.807) is 18.7 Å². The highest BCUT2D eigenvalue weighted by Crippen LogP contribution is 2.26. The SMILES string of the molecule is CC(O)CN(C(=O)C(C)NC(=O)CC1CCCCC1)C(C)C. The molecule has 0 aromatic carbocycles. The van der Waals surface area contributed by atoms with Crippen molar-refractivity contribution in [2.75, 3.05) is 6.54 Å². The van der Waals surface area contributed by atoms with Crippen molar-refractivity contribution in [1.82, 2.24) is 10.2 Å². The van der Waals surface area contributed by atoms with E-state index >= 15 is 0 Å². The fourth-order valence-corrected chi connectivity index (χ4v) is 3.10. The number of rotatable bonds is 7. The minimum absolute atomic E-state index is 0.000188. The van der Waals surface area contributed by atoms with E-state index in [4.69, 9.17) is 0 Å². The highest BCUT2D eigenvalue weighted by atomic mass is 16.3. The van der Waals surface area contributed by atoms with Crippen LogP contribution in [0.25, 0.3) is 0 Å². The van der Waals surface area contributed by atoms with Crippen LogP contribution >= 0.6 is 0 Å². The molecule has 2 atom stereocenters. The average Bonchev–Trinajstić information content (AvgIpc) is 2.44.